The zero-order valence-corrected chi connectivity index (χ0v) is 33.6. The Labute approximate surface area is 358 Å². The number of aromatic nitrogens is 5. The van der Waals surface area contributed by atoms with Gasteiger partial charge in [-0.1, -0.05) is 182 Å². The van der Waals surface area contributed by atoms with E-state index in [1.807, 2.05) is 18.2 Å². The van der Waals surface area contributed by atoms with Crippen molar-refractivity contribution < 1.29 is 0 Å². The predicted octanol–water partition coefficient (Wildman–Crippen LogP) is 14.4. The normalized spacial score (nSPS) is 11.5. The highest BCUT2D eigenvalue weighted by molar-refractivity contribution is 6.10. The highest BCUT2D eigenvalue weighted by Gasteiger charge is 2.22. The first kappa shape index (κ1) is 35.5. The maximum Gasteiger partial charge on any atom is 0.160 e. The maximum absolute atomic E-state index is 5.44. The molecule has 0 bridgehead atoms. The number of nitrogens with zero attached hydrogens (tertiary/aromatic N) is 5. The van der Waals surface area contributed by atoms with Crippen molar-refractivity contribution in [3.8, 4) is 73.2 Å². The fraction of sp³-hybridized carbons (Fsp3) is 0. The summed E-state index contributed by atoms with van der Waals surface area (Å²) in [5.74, 6) is 0.675. The van der Waals surface area contributed by atoms with Crippen molar-refractivity contribution in [2.75, 3.05) is 0 Å². The molecule has 0 saturated carbocycles. The number of pyridine rings is 1. The van der Waals surface area contributed by atoms with Crippen LogP contribution in [0.2, 0.25) is 0 Å². The van der Waals surface area contributed by atoms with E-state index in [9.17, 15) is 0 Å². The minimum absolute atomic E-state index is 0.675. The van der Waals surface area contributed by atoms with Gasteiger partial charge in [0.2, 0.25) is 0 Å². The van der Waals surface area contributed by atoms with Crippen LogP contribution in [0.15, 0.2) is 224 Å². The number of hydrogen-bond donors (Lipinski definition) is 0. The first-order chi connectivity index (χ1) is 30.7. The van der Waals surface area contributed by atoms with Gasteiger partial charge in [-0.15, -0.1) is 0 Å². The highest BCUT2D eigenvalue weighted by Crippen LogP contribution is 2.42. The molecular weight excluding hydrogens is 755 g/mol. The van der Waals surface area contributed by atoms with E-state index in [-0.39, 0.29) is 0 Å². The fourth-order valence-corrected chi connectivity index (χ4v) is 9.05. The minimum Gasteiger partial charge on any atom is -0.309 e. The number of hydrogen-bond acceptors (Lipinski definition) is 3. The topological polar surface area (TPSA) is 48.0 Å². The van der Waals surface area contributed by atoms with Crippen LogP contribution in [0.25, 0.3) is 111 Å². The van der Waals surface area contributed by atoms with Crippen LogP contribution in [0.5, 0.6) is 0 Å². The summed E-state index contributed by atoms with van der Waals surface area (Å²) in [4.78, 5) is 10.5. The molecule has 4 heterocycles. The summed E-state index contributed by atoms with van der Waals surface area (Å²) in [6.07, 6.45) is 0. The van der Waals surface area contributed by atoms with Gasteiger partial charge in [-0.3, -0.25) is 0 Å². The molecule has 62 heavy (non-hydrogen) atoms. The molecule has 5 heteroatoms. The third-order valence-electron chi connectivity index (χ3n) is 11.9. The summed E-state index contributed by atoms with van der Waals surface area (Å²) >= 11 is 0. The van der Waals surface area contributed by atoms with E-state index in [4.69, 9.17) is 15.1 Å². The summed E-state index contributed by atoms with van der Waals surface area (Å²) < 4.78 is 4.48. The van der Waals surface area contributed by atoms with Gasteiger partial charge >= 0.3 is 0 Å². The van der Waals surface area contributed by atoms with E-state index >= 15 is 0 Å². The van der Waals surface area contributed by atoms with Gasteiger partial charge in [0, 0.05) is 55.2 Å². The van der Waals surface area contributed by atoms with Crippen molar-refractivity contribution in [3.63, 3.8) is 0 Å². The SMILES string of the molecule is c1ccc(-c2nc(-c3ccc(-n4c5ccccc5c5ccccc54)cc3)cc(-c3cccc(-c4c(-c5ccccc5)nn5c(-c6ccccc6)cc6ccccc6c45)c3)n2)cc1. The van der Waals surface area contributed by atoms with E-state index in [0.29, 0.717) is 5.82 Å². The van der Waals surface area contributed by atoms with E-state index < -0.39 is 0 Å². The standard InChI is InChI=1S/C57H37N5/c1-4-17-39(18-5-1)53-36-42-23-10-11-26-46(42)56-54(55(60-62(53)56)40-19-6-2-7-20-40)44-25-16-24-43(35-44)50-37-49(58-57(59-50)41-21-8-3-9-22-41)38-31-33-45(34-32-38)61-51-29-14-12-27-47(51)48-28-13-15-30-52(48)61/h1-37H. The molecule has 0 aliphatic heterocycles. The summed E-state index contributed by atoms with van der Waals surface area (Å²) in [7, 11) is 0. The average Bonchev–Trinajstić information content (AvgIpc) is 3.92. The van der Waals surface area contributed by atoms with Crippen LogP contribution in [0.1, 0.15) is 0 Å². The van der Waals surface area contributed by atoms with Crippen molar-refractivity contribution in [3.05, 3.63) is 224 Å². The predicted molar refractivity (Wildman–Crippen MR) is 255 cm³/mol. The summed E-state index contributed by atoms with van der Waals surface area (Å²) in [5, 5.41) is 10.2. The quantitative estimate of drug-likeness (QED) is 0.162. The number of para-hydroxylation sites is 2. The van der Waals surface area contributed by atoms with Crippen LogP contribution in [-0.4, -0.2) is 24.1 Å². The molecule has 0 fully saturated rings. The molecule has 5 nitrogen and oxygen atoms in total. The summed E-state index contributed by atoms with van der Waals surface area (Å²) in [5.41, 5.74) is 15.5. The van der Waals surface area contributed by atoms with Crippen molar-refractivity contribution in [1.29, 1.82) is 0 Å². The molecule has 0 N–H and O–H groups in total. The lowest BCUT2D eigenvalue weighted by atomic mass is 9.95. The lowest BCUT2D eigenvalue weighted by Crippen LogP contribution is -1.97. The van der Waals surface area contributed by atoms with E-state index in [0.717, 1.165) is 83.7 Å². The zero-order chi connectivity index (χ0) is 41.0. The Hall–Kier alpha value is -8.41. The lowest BCUT2D eigenvalue weighted by Gasteiger charge is -2.13. The second kappa shape index (κ2) is 14.7. The van der Waals surface area contributed by atoms with Gasteiger partial charge in [0.1, 0.15) is 5.69 Å². The fourth-order valence-electron chi connectivity index (χ4n) is 9.05. The van der Waals surface area contributed by atoms with Gasteiger partial charge in [-0.2, -0.15) is 5.10 Å². The molecule has 8 aromatic carbocycles. The van der Waals surface area contributed by atoms with Crippen molar-refractivity contribution >= 4 is 38.1 Å². The van der Waals surface area contributed by atoms with Gasteiger partial charge in [0.25, 0.3) is 0 Å². The molecule has 0 aliphatic rings. The second-order valence-electron chi connectivity index (χ2n) is 15.7. The van der Waals surface area contributed by atoms with Crippen molar-refractivity contribution in [2.45, 2.75) is 0 Å². The molecule has 0 saturated heterocycles. The van der Waals surface area contributed by atoms with E-state index in [1.54, 1.807) is 0 Å². The minimum atomic E-state index is 0.675. The van der Waals surface area contributed by atoms with Gasteiger partial charge in [-0.25, -0.2) is 14.5 Å². The van der Waals surface area contributed by atoms with Crippen molar-refractivity contribution in [1.82, 2.24) is 24.1 Å². The monoisotopic (exact) mass is 791 g/mol. The second-order valence-corrected chi connectivity index (χ2v) is 15.7. The van der Waals surface area contributed by atoms with Crippen LogP contribution in [-0.2, 0) is 0 Å². The van der Waals surface area contributed by atoms with Crippen LogP contribution in [0.3, 0.4) is 0 Å². The number of fused-ring (bicyclic) bond motifs is 6. The Balaban J connectivity index is 1.04. The first-order valence-electron chi connectivity index (χ1n) is 20.9. The van der Waals surface area contributed by atoms with Gasteiger partial charge < -0.3 is 4.57 Å². The molecule has 4 aromatic heterocycles. The molecule has 290 valence electrons. The van der Waals surface area contributed by atoms with Crippen molar-refractivity contribution in [2.24, 2.45) is 0 Å². The molecule has 12 rings (SSSR count). The Morgan fingerprint density at radius 2 is 0.887 bits per heavy atom. The molecule has 12 aromatic rings. The molecule has 0 unspecified atom stereocenters. The summed E-state index contributed by atoms with van der Waals surface area (Å²) in [6.45, 7) is 0. The first-order valence-corrected chi connectivity index (χ1v) is 20.9. The van der Waals surface area contributed by atoms with Gasteiger partial charge in [0.15, 0.2) is 5.82 Å². The Morgan fingerprint density at radius 3 is 1.56 bits per heavy atom. The zero-order valence-electron chi connectivity index (χ0n) is 33.6. The highest BCUT2D eigenvalue weighted by atomic mass is 15.2. The van der Waals surface area contributed by atoms with Gasteiger partial charge in [0.05, 0.1) is 33.6 Å². The molecule has 0 radical (unpaired) electrons. The van der Waals surface area contributed by atoms with E-state index in [1.165, 1.54) is 21.8 Å². The number of rotatable bonds is 7. The smallest absolute Gasteiger partial charge is 0.160 e. The maximum atomic E-state index is 5.44. The third kappa shape index (κ3) is 5.98. The van der Waals surface area contributed by atoms with E-state index in [2.05, 4.69) is 215 Å². The molecular formula is C57H37N5. The molecule has 0 spiro atoms. The van der Waals surface area contributed by atoms with Crippen LogP contribution in [0, 0.1) is 0 Å². The average molecular weight is 792 g/mol. The summed E-state index contributed by atoms with van der Waals surface area (Å²) in [6, 6.07) is 79.0. The van der Waals surface area contributed by atoms with Crippen LogP contribution in [0.4, 0.5) is 0 Å². The number of benzene rings is 8. The Kier molecular flexibility index (Phi) is 8.42. The Morgan fingerprint density at radius 1 is 0.355 bits per heavy atom. The third-order valence-corrected chi connectivity index (χ3v) is 11.9. The lowest BCUT2D eigenvalue weighted by molar-refractivity contribution is 0.979. The molecule has 0 aliphatic carbocycles. The molecule has 0 atom stereocenters. The van der Waals surface area contributed by atoms with Gasteiger partial charge in [-0.05, 0) is 53.4 Å². The van der Waals surface area contributed by atoms with Crippen LogP contribution < -0.4 is 0 Å². The largest absolute Gasteiger partial charge is 0.309 e. The Bertz CT molecular complexity index is 3550. The van der Waals surface area contributed by atoms with Crippen LogP contribution >= 0.6 is 0 Å². The molecule has 0 amide bonds.